The van der Waals surface area contributed by atoms with Crippen LogP contribution in [0.25, 0.3) is 0 Å². The summed E-state index contributed by atoms with van der Waals surface area (Å²) in [6.07, 6.45) is 2.18. The smallest absolute Gasteiger partial charge is 0.110 e. The molecule has 1 unspecified atom stereocenters. The van der Waals surface area contributed by atoms with E-state index in [0.717, 1.165) is 18.5 Å². The summed E-state index contributed by atoms with van der Waals surface area (Å²) >= 11 is 1.76. The molecule has 1 heterocycles. The van der Waals surface area contributed by atoms with E-state index in [-0.39, 0.29) is 0 Å². The second-order valence-corrected chi connectivity index (χ2v) is 6.12. The number of hydrogen-bond acceptors (Lipinski definition) is 3. The minimum Gasteiger partial charge on any atom is -0.306 e. The Balaban J connectivity index is 2.02. The van der Waals surface area contributed by atoms with Crippen LogP contribution in [0.1, 0.15) is 42.6 Å². The zero-order chi connectivity index (χ0) is 13.7. The van der Waals surface area contributed by atoms with Crippen molar-refractivity contribution in [1.82, 2.24) is 10.3 Å². The molecule has 0 saturated heterocycles. The van der Waals surface area contributed by atoms with Gasteiger partial charge in [-0.3, -0.25) is 0 Å². The van der Waals surface area contributed by atoms with E-state index >= 15 is 0 Å². The Hall–Kier alpha value is -1.19. The zero-order valence-corrected chi connectivity index (χ0v) is 12.7. The molecule has 3 heteroatoms. The van der Waals surface area contributed by atoms with Gasteiger partial charge in [-0.25, -0.2) is 4.98 Å². The van der Waals surface area contributed by atoms with E-state index in [2.05, 4.69) is 66.8 Å². The van der Waals surface area contributed by atoms with Gasteiger partial charge in [-0.2, -0.15) is 0 Å². The highest BCUT2D eigenvalue weighted by Gasteiger charge is 2.15. The van der Waals surface area contributed by atoms with E-state index in [1.807, 2.05) is 0 Å². The van der Waals surface area contributed by atoms with Crippen LogP contribution < -0.4 is 5.32 Å². The van der Waals surface area contributed by atoms with Crippen molar-refractivity contribution >= 4 is 11.3 Å². The zero-order valence-electron chi connectivity index (χ0n) is 11.9. The van der Waals surface area contributed by atoms with Gasteiger partial charge < -0.3 is 5.32 Å². The molecule has 1 atom stereocenters. The Bertz CT molecular complexity index is 490. The van der Waals surface area contributed by atoms with E-state index < -0.39 is 0 Å². The molecule has 0 aliphatic rings. The van der Waals surface area contributed by atoms with E-state index in [4.69, 9.17) is 0 Å². The summed E-state index contributed by atoms with van der Waals surface area (Å²) in [5, 5.41) is 6.97. The average molecular weight is 274 g/mol. The first-order valence-electron chi connectivity index (χ1n) is 6.87. The monoisotopic (exact) mass is 274 g/mol. The highest BCUT2D eigenvalue weighted by Crippen LogP contribution is 2.23. The van der Waals surface area contributed by atoms with Crippen LogP contribution in [0.3, 0.4) is 0 Å². The molecule has 2 nitrogen and oxygen atoms in total. The summed E-state index contributed by atoms with van der Waals surface area (Å²) in [4.78, 5) is 4.63. The molecule has 0 aliphatic carbocycles. The van der Waals surface area contributed by atoms with Crippen molar-refractivity contribution in [1.29, 1.82) is 0 Å². The molecule has 1 aromatic heterocycles. The van der Waals surface area contributed by atoms with Crippen molar-refractivity contribution in [2.24, 2.45) is 0 Å². The van der Waals surface area contributed by atoms with Gasteiger partial charge in [-0.05, 0) is 25.3 Å². The first-order chi connectivity index (χ1) is 9.15. The Morgan fingerprint density at radius 2 is 1.95 bits per heavy atom. The molecule has 0 spiro atoms. The van der Waals surface area contributed by atoms with Crippen LogP contribution in [-0.4, -0.2) is 11.0 Å². The average Bonchev–Trinajstić information content (AvgIpc) is 2.82. The minimum absolute atomic E-state index is 0.360. The maximum Gasteiger partial charge on any atom is 0.110 e. The second kappa shape index (κ2) is 6.83. The number of nitrogens with one attached hydrogen (secondary N) is 1. The predicted octanol–water partition coefficient (Wildman–Crippen LogP) is 4.12. The molecule has 2 aromatic rings. The molecular weight excluding hydrogens is 252 g/mol. The van der Waals surface area contributed by atoms with Gasteiger partial charge in [0.05, 0.1) is 6.04 Å². The van der Waals surface area contributed by atoms with Crippen LogP contribution in [0.2, 0.25) is 0 Å². The number of aryl methyl sites for hydroxylation is 2. The van der Waals surface area contributed by atoms with Gasteiger partial charge in [0.15, 0.2) is 0 Å². The van der Waals surface area contributed by atoms with Crippen LogP contribution in [0, 0.1) is 6.92 Å². The van der Waals surface area contributed by atoms with Gasteiger partial charge in [-0.1, -0.05) is 44.2 Å². The van der Waals surface area contributed by atoms with Crippen molar-refractivity contribution in [2.75, 3.05) is 0 Å². The summed E-state index contributed by atoms with van der Waals surface area (Å²) in [5.74, 6) is 0. The maximum atomic E-state index is 4.63. The minimum atomic E-state index is 0.360. The topological polar surface area (TPSA) is 24.9 Å². The van der Waals surface area contributed by atoms with Gasteiger partial charge >= 0.3 is 0 Å². The maximum absolute atomic E-state index is 4.63. The number of nitrogens with zero attached hydrogens (tertiary/aromatic N) is 1. The van der Waals surface area contributed by atoms with Crippen LogP contribution in [0.5, 0.6) is 0 Å². The van der Waals surface area contributed by atoms with E-state index in [9.17, 15) is 0 Å². The molecule has 0 amide bonds. The van der Waals surface area contributed by atoms with Crippen LogP contribution in [0.15, 0.2) is 35.7 Å². The number of rotatable bonds is 6. The number of hydrogen-bond donors (Lipinski definition) is 1. The lowest BCUT2D eigenvalue weighted by Crippen LogP contribution is -2.28. The predicted molar refractivity (Wildman–Crippen MR) is 82.6 cm³/mol. The first kappa shape index (κ1) is 14.2. The molecule has 0 bridgehead atoms. The van der Waals surface area contributed by atoms with Gasteiger partial charge in [0.25, 0.3) is 0 Å². The Morgan fingerprint density at radius 3 is 2.53 bits per heavy atom. The largest absolute Gasteiger partial charge is 0.306 e. The van der Waals surface area contributed by atoms with Gasteiger partial charge in [0.2, 0.25) is 0 Å². The molecule has 1 N–H and O–H groups in total. The molecule has 0 aliphatic heterocycles. The van der Waals surface area contributed by atoms with E-state index in [1.165, 1.54) is 10.6 Å². The quantitative estimate of drug-likeness (QED) is 0.857. The van der Waals surface area contributed by atoms with Gasteiger partial charge in [-0.15, -0.1) is 11.3 Å². The standard InChI is InChI=1S/C16H22N2S/c1-12(2)17-15(16-18-13(3)11-19-16)10-9-14-7-5-4-6-8-14/h4-8,11-12,15,17H,9-10H2,1-3H3. The third kappa shape index (κ3) is 4.44. The lowest BCUT2D eigenvalue weighted by atomic mass is 10.1. The fourth-order valence-electron chi connectivity index (χ4n) is 2.17. The normalized spacial score (nSPS) is 12.8. The van der Waals surface area contributed by atoms with Crippen molar-refractivity contribution in [3.63, 3.8) is 0 Å². The molecule has 0 saturated carbocycles. The van der Waals surface area contributed by atoms with Crippen LogP contribution in [0.4, 0.5) is 0 Å². The second-order valence-electron chi connectivity index (χ2n) is 5.23. The highest BCUT2D eigenvalue weighted by molar-refractivity contribution is 7.09. The summed E-state index contributed by atoms with van der Waals surface area (Å²) in [6, 6.07) is 11.5. The van der Waals surface area contributed by atoms with E-state index in [0.29, 0.717) is 12.1 Å². The first-order valence-corrected chi connectivity index (χ1v) is 7.75. The summed E-state index contributed by atoms with van der Waals surface area (Å²) < 4.78 is 0. The third-order valence-electron chi connectivity index (χ3n) is 3.03. The Kier molecular flexibility index (Phi) is 5.11. The van der Waals surface area contributed by atoms with Crippen LogP contribution >= 0.6 is 11.3 Å². The molecule has 102 valence electrons. The third-order valence-corrected chi connectivity index (χ3v) is 4.11. The van der Waals surface area contributed by atoms with Crippen molar-refractivity contribution in [3.05, 3.63) is 52.0 Å². The molecule has 0 radical (unpaired) electrons. The van der Waals surface area contributed by atoms with Crippen molar-refractivity contribution in [3.8, 4) is 0 Å². The number of aromatic nitrogens is 1. The Labute approximate surface area is 119 Å². The van der Waals surface area contributed by atoms with Crippen molar-refractivity contribution < 1.29 is 0 Å². The fraction of sp³-hybridized carbons (Fsp3) is 0.438. The summed E-state index contributed by atoms with van der Waals surface area (Å²) in [7, 11) is 0. The summed E-state index contributed by atoms with van der Waals surface area (Å²) in [5.41, 5.74) is 2.52. The van der Waals surface area contributed by atoms with Crippen LogP contribution in [-0.2, 0) is 6.42 Å². The van der Waals surface area contributed by atoms with Gasteiger partial charge in [0.1, 0.15) is 5.01 Å². The number of thiazole rings is 1. The molecule has 2 rings (SSSR count). The molecular formula is C16H22N2S. The lowest BCUT2D eigenvalue weighted by Gasteiger charge is -2.19. The SMILES string of the molecule is Cc1csc(C(CCc2ccccc2)NC(C)C)n1. The van der Waals surface area contributed by atoms with Gasteiger partial charge in [0, 0.05) is 17.1 Å². The Morgan fingerprint density at radius 1 is 1.21 bits per heavy atom. The highest BCUT2D eigenvalue weighted by atomic mass is 32.1. The van der Waals surface area contributed by atoms with Crippen molar-refractivity contribution in [2.45, 2.75) is 45.7 Å². The number of benzene rings is 1. The molecule has 0 fully saturated rings. The summed E-state index contributed by atoms with van der Waals surface area (Å²) in [6.45, 7) is 6.44. The fourth-order valence-corrected chi connectivity index (χ4v) is 3.06. The molecule has 19 heavy (non-hydrogen) atoms. The van der Waals surface area contributed by atoms with E-state index in [1.54, 1.807) is 11.3 Å². The lowest BCUT2D eigenvalue weighted by molar-refractivity contribution is 0.450. The molecule has 1 aromatic carbocycles.